The predicted octanol–water partition coefficient (Wildman–Crippen LogP) is 2.49. The number of carbonyl (C=O) groups is 1. The normalized spacial score (nSPS) is 14.5. The Morgan fingerprint density at radius 1 is 1.40 bits per heavy atom. The number of benzene rings is 1. The third-order valence-electron chi connectivity index (χ3n) is 2.30. The predicted molar refractivity (Wildman–Crippen MR) is 61.6 cm³/mol. The first kappa shape index (κ1) is 16.2. The molecule has 8 heteroatoms. The fourth-order valence-electron chi connectivity index (χ4n) is 1.46. The Labute approximate surface area is 112 Å². The van der Waals surface area contributed by atoms with Crippen molar-refractivity contribution in [3.8, 4) is 5.75 Å². The van der Waals surface area contributed by atoms with E-state index in [2.05, 4.69) is 9.47 Å². The molecule has 0 amide bonds. The summed E-state index contributed by atoms with van der Waals surface area (Å²) in [4.78, 5) is 11.2. The lowest BCUT2D eigenvalue weighted by molar-refractivity contribution is -0.274. The van der Waals surface area contributed by atoms with Gasteiger partial charge in [0, 0.05) is 0 Å². The Bertz CT molecular complexity index is 464. The fraction of sp³-hybridized carbons (Fsp3) is 0.417. The molecular formula is C12H13F4NO3. The Kier molecular flexibility index (Phi) is 5.32. The standard InChI is InChI=1S/C12H13F4NO3/c1-2-19-11(18)9(13)10(17)7-4-3-5-8(6-7)20-12(14,15)16/h3-6,9-10H,2,17H2,1H3/t9?,10-/m1/s1. The second kappa shape index (κ2) is 6.56. The average molecular weight is 295 g/mol. The molecule has 1 rings (SSSR count). The van der Waals surface area contributed by atoms with E-state index >= 15 is 0 Å². The molecular weight excluding hydrogens is 282 g/mol. The second-order valence-corrected chi connectivity index (χ2v) is 3.80. The van der Waals surface area contributed by atoms with Gasteiger partial charge in [-0.2, -0.15) is 0 Å². The van der Waals surface area contributed by atoms with E-state index < -0.39 is 30.3 Å². The van der Waals surface area contributed by atoms with Gasteiger partial charge in [0.15, 0.2) is 0 Å². The summed E-state index contributed by atoms with van der Waals surface area (Å²) in [6.45, 7) is 1.47. The van der Waals surface area contributed by atoms with E-state index in [0.717, 1.165) is 12.1 Å². The monoisotopic (exact) mass is 295 g/mol. The van der Waals surface area contributed by atoms with E-state index in [1.54, 1.807) is 0 Å². The Balaban J connectivity index is 2.85. The molecule has 0 saturated carbocycles. The minimum absolute atomic E-state index is 0.00713. The quantitative estimate of drug-likeness (QED) is 0.669. The van der Waals surface area contributed by atoms with Crippen LogP contribution in [0.4, 0.5) is 17.6 Å². The Morgan fingerprint density at radius 3 is 2.60 bits per heavy atom. The van der Waals surface area contributed by atoms with E-state index in [4.69, 9.17) is 5.73 Å². The van der Waals surface area contributed by atoms with Gasteiger partial charge in [-0.25, -0.2) is 9.18 Å². The molecule has 0 saturated heterocycles. The Morgan fingerprint density at radius 2 is 2.05 bits per heavy atom. The van der Waals surface area contributed by atoms with Gasteiger partial charge in [0.2, 0.25) is 6.17 Å². The molecule has 112 valence electrons. The first-order valence-electron chi connectivity index (χ1n) is 5.66. The molecule has 0 spiro atoms. The average Bonchev–Trinajstić information content (AvgIpc) is 2.35. The molecule has 1 unspecified atom stereocenters. The molecule has 0 bridgehead atoms. The molecule has 0 heterocycles. The molecule has 0 fully saturated rings. The van der Waals surface area contributed by atoms with E-state index in [9.17, 15) is 22.4 Å². The van der Waals surface area contributed by atoms with Gasteiger partial charge in [0.1, 0.15) is 5.75 Å². The molecule has 20 heavy (non-hydrogen) atoms. The third-order valence-corrected chi connectivity index (χ3v) is 2.30. The Hall–Kier alpha value is -1.83. The van der Waals surface area contributed by atoms with Crippen LogP contribution in [0.5, 0.6) is 5.75 Å². The van der Waals surface area contributed by atoms with Crippen LogP contribution in [-0.4, -0.2) is 25.1 Å². The van der Waals surface area contributed by atoms with E-state index in [0.29, 0.717) is 0 Å². The number of halogens is 4. The maximum atomic E-state index is 13.7. The molecule has 0 aliphatic rings. The molecule has 0 aliphatic carbocycles. The molecule has 1 aromatic carbocycles. The van der Waals surface area contributed by atoms with Crippen LogP contribution >= 0.6 is 0 Å². The summed E-state index contributed by atoms with van der Waals surface area (Å²) in [6.07, 6.45) is -7.03. The van der Waals surface area contributed by atoms with Gasteiger partial charge in [0.25, 0.3) is 0 Å². The highest BCUT2D eigenvalue weighted by Gasteiger charge is 2.32. The van der Waals surface area contributed by atoms with E-state index in [1.165, 1.54) is 19.1 Å². The lowest BCUT2D eigenvalue weighted by Crippen LogP contribution is -2.31. The van der Waals surface area contributed by atoms with Crippen LogP contribution in [0.15, 0.2) is 24.3 Å². The highest BCUT2D eigenvalue weighted by atomic mass is 19.4. The summed E-state index contributed by atoms with van der Waals surface area (Å²) < 4.78 is 58.0. The van der Waals surface area contributed by atoms with Gasteiger partial charge in [-0.3, -0.25) is 0 Å². The van der Waals surface area contributed by atoms with Crippen molar-refractivity contribution in [1.29, 1.82) is 0 Å². The van der Waals surface area contributed by atoms with Crippen molar-refractivity contribution in [3.63, 3.8) is 0 Å². The molecule has 2 N–H and O–H groups in total. The van der Waals surface area contributed by atoms with Crippen LogP contribution in [0.3, 0.4) is 0 Å². The van der Waals surface area contributed by atoms with E-state index in [-0.39, 0.29) is 12.2 Å². The lowest BCUT2D eigenvalue weighted by Gasteiger charge is -2.17. The zero-order valence-electron chi connectivity index (χ0n) is 10.5. The first-order valence-corrected chi connectivity index (χ1v) is 5.66. The van der Waals surface area contributed by atoms with Crippen LogP contribution in [0.1, 0.15) is 18.5 Å². The number of carbonyl (C=O) groups excluding carboxylic acids is 1. The zero-order chi connectivity index (χ0) is 15.3. The number of nitrogens with two attached hydrogens (primary N) is 1. The third kappa shape index (κ3) is 4.69. The highest BCUT2D eigenvalue weighted by Crippen LogP contribution is 2.26. The topological polar surface area (TPSA) is 61.5 Å². The SMILES string of the molecule is CCOC(=O)C(F)[C@H](N)c1cccc(OC(F)(F)F)c1. The van der Waals surface area contributed by atoms with Gasteiger partial charge < -0.3 is 15.2 Å². The molecule has 0 radical (unpaired) electrons. The number of ether oxygens (including phenoxy) is 2. The van der Waals surface area contributed by atoms with Gasteiger partial charge in [0.05, 0.1) is 12.6 Å². The van der Waals surface area contributed by atoms with Crippen molar-refractivity contribution in [2.75, 3.05) is 6.61 Å². The maximum Gasteiger partial charge on any atom is 0.573 e. The number of esters is 1. The van der Waals surface area contributed by atoms with Crippen LogP contribution in [0.2, 0.25) is 0 Å². The van der Waals surface area contributed by atoms with Crippen molar-refractivity contribution in [1.82, 2.24) is 0 Å². The molecule has 4 nitrogen and oxygen atoms in total. The number of hydrogen-bond donors (Lipinski definition) is 1. The van der Waals surface area contributed by atoms with Gasteiger partial charge >= 0.3 is 12.3 Å². The van der Waals surface area contributed by atoms with Crippen LogP contribution < -0.4 is 10.5 Å². The minimum Gasteiger partial charge on any atom is -0.464 e. The molecule has 0 aromatic heterocycles. The van der Waals surface area contributed by atoms with Gasteiger partial charge in [-0.15, -0.1) is 13.2 Å². The number of alkyl halides is 4. The maximum absolute atomic E-state index is 13.7. The summed E-state index contributed by atoms with van der Waals surface area (Å²) in [6, 6.07) is 3.03. The second-order valence-electron chi connectivity index (χ2n) is 3.80. The van der Waals surface area contributed by atoms with Gasteiger partial charge in [-0.1, -0.05) is 12.1 Å². The van der Waals surface area contributed by atoms with Crippen LogP contribution in [0, 0.1) is 0 Å². The molecule has 1 aromatic rings. The molecule has 2 atom stereocenters. The smallest absolute Gasteiger partial charge is 0.464 e. The van der Waals surface area contributed by atoms with Crippen molar-refractivity contribution in [2.24, 2.45) is 5.73 Å². The zero-order valence-corrected chi connectivity index (χ0v) is 10.5. The van der Waals surface area contributed by atoms with Crippen LogP contribution in [0.25, 0.3) is 0 Å². The summed E-state index contributed by atoms with van der Waals surface area (Å²) in [5.41, 5.74) is 5.48. The van der Waals surface area contributed by atoms with Gasteiger partial charge in [-0.05, 0) is 24.6 Å². The number of rotatable bonds is 5. The van der Waals surface area contributed by atoms with Crippen LogP contribution in [-0.2, 0) is 9.53 Å². The van der Waals surface area contributed by atoms with Crippen molar-refractivity contribution >= 4 is 5.97 Å². The van der Waals surface area contributed by atoms with Crippen molar-refractivity contribution in [2.45, 2.75) is 25.5 Å². The fourth-order valence-corrected chi connectivity index (χ4v) is 1.46. The van der Waals surface area contributed by atoms with Crippen molar-refractivity contribution < 1.29 is 31.8 Å². The lowest BCUT2D eigenvalue weighted by atomic mass is 10.0. The van der Waals surface area contributed by atoms with E-state index in [1.807, 2.05) is 0 Å². The summed E-state index contributed by atoms with van der Waals surface area (Å²) >= 11 is 0. The number of hydrogen-bond acceptors (Lipinski definition) is 4. The molecule has 0 aliphatic heterocycles. The minimum atomic E-state index is -4.86. The summed E-state index contributed by atoms with van der Waals surface area (Å²) in [5.74, 6) is -1.70. The largest absolute Gasteiger partial charge is 0.573 e. The summed E-state index contributed by atoms with van der Waals surface area (Å²) in [5, 5.41) is 0. The highest BCUT2D eigenvalue weighted by molar-refractivity contribution is 5.75. The first-order chi connectivity index (χ1) is 9.24. The summed E-state index contributed by atoms with van der Waals surface area (Å²) in [7, 11) is 0. The van der Waals surface area contributed by atoms with Crippen molar-refractivity contribution in [3.05, 3.63) is 29.8 Å².